The number of aryl methyl sites for hydroxylation is 8. The molecule has 0 radical (unpaired) electrons. The van der Waals surface area contributed by atoms with Crippen LogP contribution in [0.4, 0.5) is 62.6 Å². The van der Waals surface area contributed by atoms with Crippen molar-refractivity contribution in [3.63, 3.8) is 0 Å². The van der Waals surface area contributed by atoms with E-state index in [1.165, 1.54) is 73.2 Å². The molecular formula is C103H102N12O4. The first-order chi connectivity index (χ1) is 57.5. The average molecular weight is 1570 g/mol. The number of benzene rings is 9. The summed E-state index contributed by atoms with van der Waals surface area (Å²) in [6.07, 6.45) is 9.24. The highest BCUT2D eigenvalue weighted by atomic mass is 16.4. The molecule has 0 saturated heterocycles. The van der Waals surface area contributed by atoms with Gasteiger partial charge in [0, 0.05) is 114 Å². The third kappa shape index (κ3) is 13.2. The maximum Gasteiger partial charge on any atom is 0.227 e. The molecule has 9 aromatic carbocycles. The minimum Gasteiger partial charge on any atom is -0.435 e. The van der Waals surface area contributed by atoms with E-state index >= 15 is 0 Å². The largest absolute Gasteiger partial charge is 0.435 e. The van der Waals surface area contributed by atoms with E-state index in [4.69, 9.17) is 17.7 Å². The highest BCUT2D eigenvalue weighted by molar-refractivity contribution is 6.13. The molecule has 4 aliphatic heterocycles. The summed E-state index contributed by atoms with van der Waals surface area (Å²) in [5.74, 6) is 0.895. The summed E-state index contributed by atoms with van der Waals surface area (Å²) in [6, 6.07) is 79.3. The van der Waals surface area contributed by atoms with Crippen molar-refractivity contribution in [3.8, 4) is 0 Å². The number of para-hydroxylation sites is 7. The number of hydrogen-bond acceptors (Lipinski definition) is 16. The Balaban J connectivity index is 0.000000109. The fourth-order valence-electron chi connectivity index (χ4n) is 18.4. The summed E-state index contributed by atoms with van der Waals surface area (Å²) in [7, 11) is 0. The number of furan rings is 4. The Morgan fingerprint density at radius 2 is 0.563 bits per heavy atom. The normalized spacial score (nSPS) is 16.3. The van der Waals surface area contributed by atoms with Crippen molar-refractivity contribution in [2.75, 3.05) is 39.2 Å². The second-order valence-corrected chi connectivity index (χ2v) is 33.2. The number of pyridine rings is 4. The molecule has 8 aromatic heterocycles. The van der Waals surface area contributed by atoms with E-state index in [-0.39, 0.29) is 24.7 Å². The maximum atomic E-state index is 6.39. The van der Waals surface area contributed by atoms with Crippen LogP contribution in [0.2, 0.25) is 0 Å². The lowest BCUT2D eigenvalue weighted by atomic mass is 9.92. The quantitative estimate of drug-likeness (QED) is 0.129. The third-order valence-corrected chi connectivity index (χ3v) is 24.3. The van der Waals surface area contributed by atoms with Gasteiger partial charge >= 0.3 is 0 Å². The molecule has 0 spiro atoms. The summed E-state index contributed by atoms with van der Waals surface area (Å²) in [4.78, 5) is 37.5. The fraction of sp³-hybridized carbons (Fsp3) is 0.243. The fourth-order valence-corrected chi connectivity index (χ4v) is 18.4. The number of anilines is 11. The standard InChI is InChI=1S/C29H33N3O.C27H23N3O.C24H25N3O.C23H21N3O/c1-17(2)22-9-8-10-23(18(3)4)27(22)32-16-15-31(21(32)7)26-19(5)11-13-24-25-14-12-20(6)30-29(25)33-28(24)26;1-17-13-15-21-22-16-14-18(2)28-27(22)31-26(21)25(17)30-19(3)29(20-9-5-4-6-10-20)23-11-7-8-12-24(23)30;1-14(2)26-17(5)27(21-9-7-6-8-20(21)26)22-15(3)10-12-18-19-13-11-16(4)25-24(19)28-23(18)22;1-15-9-11-19-20-12-10-16(2)24-23(20)27-22(19)21(15)26-14-13-25(17(26)3)18-7-5-4-6-8-18/h8-18,21H,1-7H3;4-16,19H,1-3H3;6-14,17H,1-5H3;4-14,17H,1-3H3/t21-;19-;2*17-/m1000/s1. The molecule has 0 N–H and O–H groups in total. The van der Waals surface area contributed by atoms with Crippen LogP contribution < -0.4 is 39.2 Å². The molecule has 598 valence electrons. The Labute approximate surface area is 696 Å². The van der Waals surface area contributed by atoms with Gasteiger partial charge in [-0.25, -0.2) is 19.9 Å². The molecule has 4 aliphatic rings. The van der Waals surface area contributed by atoms with Gasteiger partial charge in [-0.1, -0.05) is 155 Å². The molecule has 0 bridgehead atoms. The van der Waals surface area contributed by atoms with Crippen molar-refractivity contribution < 1.29 is 17.7 Å². The van der Waals surface area contributed by atoms with Gasteiger partial charge in [0.15, 0.2) is 22.3 Å². The van der Waals surface area contributed by atoms with Gasteiger partial charge in [0.1, 0.15) is 24.7 Å². The van der Waals surface area contributed by atoms with Gasteiger partial charge in [-0.05, 0) is 239 Å². The molecular weight excluding hydrogens is 1470 g/mol. The first kappa shape index (κ1) is 76.9. The summed E-state index contributed by atoms with van der Waals surface area (Å²) in [6.45, 7) is 39.2. The number of rotatable bonds is 10. The van der Waals surface area contributed by atoms with Crippen LogP contribution in [0.1, 0.15) is 137 Å². The molecule has 12 heterocycles. The predicted octanol–water partition coefficient (Wildman–Crippen LogP) is 27.3. The van der Waals surface area contributed by atoms with Crippen molar-refractivity contribution in [1.29, 1.82) is 0 Å². The van der Waals surface area contributed by atoms with Gasteiger partial charge in [-0.3, -0.25) is 0 Å². The predicted molar refractivity (Wildman–Crippen MR) is 494 cm³/mol. The summed E-state index contributed by atoms with van der Waals surface area (Å²) < 4.78 is 25.3. The van der Waals surface area contributed by atoms with Crippen LogP contribution in [0.25, 0.3) is 88.3 Å². The van der Waals surface area contributed by atoms with Gasteiger partial charge in [0.05, 0.1) is 45.5 Å². The smallest absolute Gasteiger partial charge is 0.227 e. The molecule has 0 amide bonds. The van der Waals surface area contributed by atoms with Crippen molar-refractivity contribution in [1.82, 2.24) is 19.9 Å². The molecule has 17 aromatic rings. The average Bonchev–Trinajstić information content (AvgIpc) is 1.46. The van der Waals surface area contributed by atoms with Crippen molar-refractivity contribution in [2.45, 2.75) is 167 Å². The lowest BCUT2D eigenvalue weighted by Gasteiger charge is -2.34. The van der Waals surface area contributed by atoms with Crippen LogP contribution in [0.15, 0.2) is 267 Å². The van der Waals surface area contributed by atoms with E-state index in [0.717, 1.165) is 111 Å². The van der Waals surface area contributed by atoms with Gasteiger partial charge in [0.2, 0.25) is 22.9 Å². The molecule has 21 rings (SSSR count). The molecule has 0 saturated carbocycles. The van der Waals surface area contributed by atoms with Crippen LogP contribution in [0, 0.1) is 55.4 Å². The zero-order chi connectivity index (χ0) is 82.7. The highest BCUT2D eigenvalue weighted by Crippen LogP contribution is 2.53. The Morgan fingerprint density at radius 3 is 0.950 bits per heavy atom. The number of hydrogen-bond donors (Lipinski definition) is 0. The zero-order valence-electron chi connectivity index (χ0n) is 71.2. The lowest BCUT2D eigenvalue weighted by molar-refractivity contribution is 0.601. The van der Waals surface area contributed by atoms with E-state index in [1.54, 1.807) is 0 Å². The topological polar surface area (TPSA) is 130 Å². The minimum atomic E-state index is 0.0898. The van der Waals surface area contributed by atoms with Crippen LogP contribution >= 0.6 is 0 Å². The van der Waals surface area contributed by atoms with E-state index in [2.05, 4.69) is 375 Å². The van der Waals surface area contributed by atoms with Crippen molar-refractivity contribution in [2.24, 2.45) is 0 Å². The van der Waals surface area contributed by atoms with E-state index in [0.29, 0.717) is 40.7 Å². The van der Waals surface area contributed by atoms with E-state index < -0.39 is 0 Å². The Kier molecular flexibility index (Phi) is 19.8. The van der Waals surface area contributed by atoms with Gasteiger partial charge in [-0.15, -0.1) is 0 Å². The van der Waals surface area contributed by atoms with Crippen LogP contribution in [-0.2, 0) is 0 Å². The minimum absolute atomic E-state index is 0.0898. The Hall–Kier alpha value is -13.3. The first-order valence-electron chi connectivity index (χ1n) is 41.8. The van der Waals surface area contributed by atoms with E-state index in [1.807, 2.05) is 58.0 Å². The number of fused-ring (bicyclic) bond motifs is 14. The van der Waals surface area contributed by atoms with Crippen molar-refractivity contribution in [3.05, 3.63) is 305 Å². The zero-order valence-corrected chi connectivity index (χ0v) is 71.2. The molecule has 0 fully saturated rings. The Bertz CT molecular complexity index is 6800. The van der Waals surface area contributed by atoms with Gasteiger partial charge in [0.25, 0.3) is 0 Å². The van der Waals surface area contributed by atoms with Crippen molar-refractivity contribution >= 4 is 151 Å². The van der Waals surface area contributed by atoms with Crippen LogP contribution in [0.3, 0.4) is 0 Å². The third-order valence-electron chi connectivity index (χ3n) is 24.3. The van der Waals surface area contributed by atoms with Crippen LogP contribution in [0.5, 0.6) is 0 Å². The summed E-state index contributed by atoms with van der Waals surface area (Å²) in [5, 5.41) is 8.70. The molecule has 0 unspecified atom stereocenters. The monoisotopic (exact) mass is 1570 g/mol. The van der Waals surface area contributed by atoms with Crippen LogP contribution in [-0.4, -0.2) is 50.6 Å². The van der Waals surface area contributed by atoms with Gasteiger partial charge < -0.3 is 56.9 Å². The summed E-state index contributed by atoms with van der Waals surface area (Å²) >= 11 is 0. The van der Waals surface area contributed by atoms with E-state index in [9.17, 15) is 0 Å². The summed E-state index contributed by atoms with van der Waals surface area (Å²) in [5.41, 5.74) is 30.8. The lowest BCUT2D eigenvalue weighted by Crippen LogP contribution is -2.42. The first-order valence-corrected chi connectivity index (χ1v) is 41.8. The maximum absolute atomic E-state index is 6.39. The number of nitrogens with zero attached hydrogens (tertiary/aromatic N) is 12. The second kappa shape index (κ2) is 30.6. The molecule has 16 heteroatoms. The Morgan fingerprint density at radius 1 is 0.261 bits per heavy atom. The molecule has 16 nitrogen and oxygen atoms in total. The molecule has 0 aliphatic carbocycles. The highest BCUT2D eigenvalue weighted by Gasteiger charge is 2.40. The number of aromatic nitrogens is 4. The SMILES string of the molecule is Cc1ccc2c(n1)oc1c(N3C=CN(c4c(C(C)C)cccc4C(C)C)[C@@H]3C)c(C)ccc12.Cc1ccc2c(n1)oc1c(N3C=CN(c4ccccc4)[C@@H]3C)c(C)ccc12.Cc1ccc2c(n1)oc1c(N3c4ccccc4N(C(C)C)[C@@H]3C)c(C)ccc12.Cc1ccc2c(n1)oc1c(N3c4ccccc4N(c4ccccc4)[C@@H]3C)c(C)ccc12. The van der Waals surface area contributed by atoms with Gasteiger partial charge in [-0.2, -0.15) is 0 Å². The molecule has 4 atom stereocenters. The molecule has 119 heavy (non-hydrogen) atoms. The second-order valence-electron chi connectivity index (χ2n) is 33.2.